The molecule has 0 radical (unpaired) electrons. The van der Waals surface area contributed by atoms with Crippen LogP contribution in [0, 0.1) is 26.2 Å². The number of aliphatic hydroxyl groups is 1. The van der Waals surface area contributed by atoms with Gasteiger partial charge in [0.2, 0.25) is 0 Å². The summed E-state index contributed by atoms with van der Waals surface area (Å²) in [5.41, 5.74) is 5.65. The summed E-state index contributed by atoms with van der Waals surface area (Å²) in [5.74, 6) is 0. The van der Waals surface area contributed by atoms with Gasteiger partial charge in [0.05, 0.1) is 0 Å². The van der Waals surface area contributed by atoms with E-state index in [1.165, 1.54) is 41.5 Å². The summed E-state index contributed by atoms with van der Waals surface area (Å²) in [6.07, 6.45) is 3.61. The largest absolute Gasteiger partial charge is 0.396 e. The van der Waals surface area contributed by atoms with Crippen LogP contribution in [0.2, 0.25) is 0 Å². The summed E-state index contributed by atoms with van der Waals surface area (Å²) < 4.78 is 0. The Morgan fingerprint density at radius 3 is 2.22 bits per heavy atom. The van der Waals surface area contributed by atoms with Crippen LogP contribution in [0.3, 0.4) is 0 Å². The third kappa shape index (κ3) is 2.76. The number of benzene rings is 1. The highest BCUT2D eigenvalue weighted by molar-refractivity contribution is 5.37. The van der Waals surface area contributed by atoms with Crippen LogP contribution < -0.4 is 5.32 Å². The van der Waals surface area contributed by atoms with Crippen LogP contribution in [0.25, 0.3) is 0 Å². The van der Waals surface area contributed by atoms with Crippen LogP contribution in [0.1, 0.15) is 41.5 Å². The fraction of sp³-hybridized carbons (Fsp3) is 0.625. The standard InChI is InChI=1S/C16H25NO/c1-12-7-13(2)15(14(3)8-12)9-17-10-16(11-18)5-4-6-16/h7-8,17-18H,4-6,9-11H2,1-3H3. The molecule has 0 bridgehead atoms. The average Bonchev–Trinajstić information content (AvgIpc) is 2.25. The second-order valence-corrected chi connectivity index (χ2v) is 5.99. The molecule has 0 atom stereocenters. The monoisotopic (exact) mass is 247 g/mol. The van der Waals surface area contributed by atoms with Crippen molar-refractivity contribution >= 4 is 0 Å². The summed E-state index contributed by atoms with van der Waals surface area (Å²) in [7, 11) is 0. The fourth-order valence-corrected chi connectivity index (χ4v) is 3.01. The lowest BCUT2D eigenvalue weighted by Gasteiger charge is -2.40. The van der Waals surface area contributed by atoms with Gasteiger partial charge >= 0.3 is 0 Å². The minimum absolute atomic E-state index is 0.173. The highest BCUT2D eigenvalue weighted by Crippen LogP contribution is 2.39. The van der Waals surface area contributed by atoms with E-state index in [0.29, 0.717) is 6.61 Å². The molecule has 0 saturated heterocycles. The zero-order chi connectivity index (χ0) is 13.2. The molecule has 2 heteroatoms. The Bertz CT molecular complexity index is 393. The molecule has 0 heterocycles. The Kier molecular flexibility index (Phi) is 4.08. The maximum atomic E-state index is 9.44. The van der Waals surface area contributed by atoms with Crippen molar-refractivity contribution in [1.82, 2.24) is 5.32 Å². The van der Waals surface area contributed by atoms with Gasteiger partial charge in [-0.2, -0.15) is 0 Å². The third-order valence-electron chi connectivity index (χ3n) is 4.39. The normalized spacial score (nSPS) is 17.6. The molecule has 100 valence electrons. The van der Waals surface area contributed by atoms with Gasteiger partial charge in [0.1, 0.15) is 0 Å². The van der Waals surface area contributed by atoms with Gasteiger partial charge in [-0.3, -0.25) is 0 Å². The number of rotatable bonds is 5. The van der Waals surface area contributed by atoms with Crippen molar-refractivity contribution in [2.75, 3.05) is 13.2 Å². The molecule has 0 amide bonds. The molecule has 0 aromatic heterocycles. The Hall–Kier alpha value is -0.860. The van der Waals surface area contributed by atoms with E-state index in [2.05, 4.69) is 38.2 Å². The van der Waals surface area contributed by atoms with Crippen molar-refractivity contribution < 1.29 is 5.11 Å². The first-order valence-corrected chi connectivity index (χ1v) is 6.95. The van der Waals surface area contributed by atoms with E-state index in [9.17, 15) is 5.11 Å². The molecule has 2 N–H and O–H groups in total. The van der Waals surface area contributed by atoms with Crippen LogP contribution in [0.4, 0.5) is 0 Å². The average molecular weight is 247 g/mol. The molecule has 0 aliphatic heterocycles. The molecule has 1 aliphatic rings. The van der Waals surface area contributed by atoms with E-state index in [0.717, 1.165) is 13.1 Å². The van der Waals surface area contributed by atoms with E-state index in [4.69, 9.17) is 0 Å². The highest BCUT2D eigenvalue weighted by atomic mass is 16.3. The Labute approximate surface area is 110 Å². The molecular weight excluding hydrogens is 222 g/mol. The Morgan fingerprint density at radius 1 is 1.17 bits per heavy atom. The Morgan fingerprint density at radius 2 is 1.78 bits per heavy atom. The second-order valence-electron chi connectivity index (χ2n) is 5.99. The minimum atomic E-state index is 0.173. The zero-order valence-electron chi connectivity index (χ0n) is 11.8. The van der Waals surface area contributed by atoms with Crippen LogP contribution in [0.15, 0.2) is 12.1 Å². The number of hydrogen-bond donors (Lipinski definition) is 2. The van der Waals surface area contributed by atoms with Gasteiger partial charge in [-0.05, 0) is 50.3 Å². The number of nitrogens with one attached hydrogen (secondary N) is 1. The van der Waals surface area contributed by atoms with Crippen molar-refractivity contribution in [3.63, 3.8) is 0 Å². The molecule has 2 nitrogen and oxygen atoms in total. The SMILES string of the molecule is Cc1cc(C)c(CNCC2(CO)CCC2)c(C)c1. The molecule has 1 aromatic rings. The van der Waals surface area contributed by atoms with E-state index >= 15 is 0 Å². The summed E-state index contributed by atoms with van der Waals surface area (Å²) in [6, 6.07) is 4.49. The number of hydrogen-bond acceptors (Lipinski definition) is 2. The first kappa shape index (κ1) is 13.6. The molecule has 0 spiro atoms. The molecule has 2 rings (SSSR count). The topological polar surface area (TPSA) is 32.3 Å². The van der Waals surface area contributed by atoms with Crippen molar-refractivity contribution in [1.29, 1.82) is 0 Å². The lowest BCUT2D eigenvalue weighted by Crippen LogP contribution is -2.42. The van der Waals surface area contributed by atoms with Gasteiger partial charge in [-0.1, -0.05) is 24.1 Å². The fourth-order valence-electron chi connectivity index (χ4n) is 3.01. The molecule has 1 aliphatic carbocycles. The first-order valence-electron chi connectivity index (χ1n) is 6.95. The predicted molar refractivity (Wildman–Crippen MR) is 75.7 cm³/mol. The van der Waals surface area contributed by atoms with Gasteiger partial charge < -0.3 is 10.4 Å². The predicted octanol–water partition coefficient (Wildman–Crippen LogP) is 2.86. The smallest absolute Gasteiger partial charge is 0.0499 e. The van der Waals surface area contributed by atoms with Crippen LogP contribution in [0.5, 0.6) is 0 Å². The Balaban J connectivity index is 1.94. The highest BCUT2D eigenvalue weighted by Gasteiger charge is 2.35. The van der Waals surface area contributed by atoms with Gasteiger partial charge in [0.15, 0.2) is 0 Å². The summed E-state index contributed by atoms with van der Waals surface area (Å²) in [4.78, 5) is 0. The molecule has 0 unspecified atom stereocenters. The van der Waals surface area contributed by atoms with E-state index in [-0.39, 0.29) is 5.41 Å². The summed E-state index contributed by atoms with van der Waals surface area (Å²) in [6.45, 7) is 8.69. The van der Waals surface area contributed by atoms with Gasteiger partial charge in [0.25, 0.3) is 0 Å². The summed E-state index contributed by atoms with van der Waals surface area (Å²) >= 11 is 0. The summed E-state index contributed by atoms with van der Waals surface area (Å²) in [5, 5.41) is 13.0. The molecule has 1 saturated carbocycles. The third-order valence-corrected chi connectivity index (χ3v) is 4.39. The van der Waals surface area contributed by atoms with Crippen LogP contribution in [-0.4, -0.2) is 18.3 Å². The van der Waals surface area contributed by atoms with E-state index in [1.54, 1.807) is 0 Å². The molecule has 18 heavy (non-hydrogen) atoms. The first-order chi connectivity index (χ1) is 8.56. The van der Waals surface area contributed by atoms with Gasteiger partial charge in [0, 0.05) is 25.1 Å². The molecule has 1 aromatic carbocycles. The quantitative estimate of drug-likeness (QED) is 0.838. The lowest BCUT2D eigenvalue weighted by molar-refractivity contribution is 0.0445. The number of aliphatic hydroxyl groups excluding tert-OH is 1. The lowest BCUT2D eigenvalue weighted by atomic mass is 9.69. The van der Waals surface area contributed by atoms with Crippen molar-refractivity contribution in [2.45, 2.75) is 46.6 Å². The van der Waals surface area contributed by atoms with Crippen LogP contribution in [-0.2, 0) is 6.54 Å². The maximum absolute atomic E-state index is 9.44. The van der Waals surface area contributed by atoms with Crippen molar-refractivity contribution in [2.24, 2.45) is 5.41 Å². The minimum Gasteiger partial charge on any atom is -0.396 e. The second kappa shape index (κ2) is 5.41. The van der Waals surface area contributed by atoms with Crippen molar-refractivity contribution in [3.8, 4) is 0 Å². The zero-order valence-corrected chi connectivity index (χ0v) is 11.8. The van der Waals surface area contributed by atoms with Crippen LogP contribution >= 0.6 is 0 Å². The number of aryl methyl sites for hydroxylation is 3. The van der Waals surface area contributed by atoms with Gasteiger partial charge in [-0.25, -0.2) is 0 Å². The van der Waals surface area contributed by atoms with Gasteiger partial charge in [-0.15, -0.1) is 0 Å². The van der Waals surface area contributed by atoms with Crippen molar-refractivity contribution in [3.05, 3.63) is 34.4 Å². The maximum Gasteiger partial charge on any atom is 0.0499 e. The van der Waals surface area contributed by atoms with E-state index in [1.807, 2.05) is 0 Å². The molecule has 1 fully saturated rings. The van der Waals surface area contributed by atoms with E-state index < -0.39 is 0 Å². The molecular formula is C16H25NO.